The van der Waals surface area contributed by atoms with Gasteiger partial charge in [0.2, 0.25) is 0 Å². The zero-order chi connectivity index (χ0) is 13.9. The highest BCUT2D eigenvalue weighted by molar-refractivity contribution is 5.95. The zero-order valence-electron chi connectivity index (χ0n) is 11.2. The summed E-state index contributed by atoms with van der Waals surface area (Å²) in [6.45, 7) is 2.46. The molecule has 1 fully saturated rings. The molecule has 1 saturated heterocycles. The number of rotatable bonds is 2. The van der Waals surface area contributed by atoms with Crippen molar-refractivity contribution < 1.29 is 9.53 Å². The number of carbonyl (C=O) groups excluding carboxylic acids is 1. The Kier molecular flexibility index (Phi) is 3.42. The molecule has 0 unspecified atom stereocenters. The Labute approximate surface area is 116 Å². The minimum Gasteiger partial charge on any atom is -0.378 e. The van der Waals surface area contributed by atoms with Gasteiger partial charge >= 0.3 is 0 Å². The van der Waals surface area contributed by atoms with Crippen LogP contribution in [0.4, 0.5) is 0 Å². The molecule has 0 atom stereocenters. The van der Waals surface area contributed by atoms with E-state index in [1.807, 2.05) is 24.3 Å². The molecule has 1 aliphatic heterocycles. The van der Waals surface area contributed by atoms with E-state index >= 15 is 0 Å². The highest BCUT2D eigenvalue weighted by atomic mass is 16.5. The molecule has 2 heterocycles. The first kappa shape index (κ1) is 12.7. The second-order valence-corrected chi connectivity index (χ2v) is 4.61. The fraction of sp³-hybridized carbons (Fsp3) is 0.385. The van der Waals surface area contributed by atoms with Crippen molar-refractivity contribution in [2.24, 2.45) is 7.05 Å². The lowest BCUT2D eigenvalue weighted by Gasteiger charge is -2.26. The first-order chi connectivity index (χ1) is 9.75. The maximum atomic E-state index is 12.4. The third-order valence-corrected chi connectivity index (χ3v) is 3.29. The van der Waals surface area contributed by atoms with Crippen LogP contribution in [-0.2, 0) is 11.8 Å². The maximum absolute atomic E-state index is 12.4. The van der Waals surface area contributed by atoms with E-state index in [1.165, 1.54) is 0 Å². The van der Waals surface area contributed by atoms with Crippen molar-refractivity contribution in [2.45, 2.75) is 0 Å². The van der Waals surface area contributed by atoms with Gasteiger partial charge in [0.1, 0.15) is 0 Å². The highest BCUT2D eigenvalue weighted by Gasteiger charge is 2.19. The molecule has 7 heteroatoms. The Morgan fingerprint density at radius 3 is 2.80 bits per heavy atom. The number of hydrogen-bond acceptors (Lipinski definition) is 5. The molecule has 0 N–H and O–H groups in total. The van der Waals surface area contributed by atoms with Crippen LogP contribution in [-0.4, -0.2) is 57.3 Å². The lowest BCUT2D eigenvalue weighted by Crippen LogP contribution is -2.40. The molecule has 7 nitrogen and oxygen atoms in total. The lowest BCUT2D eigenvalue weighted by molar-refractivity contribution is 0.0303. The van der Waals surface area contributed by atoms with Crippen molar-refractivity contribution >= 4 is 5.91 Å². The first-order valence-electron chi connectivity index (χ1n) is 6.45. The van der Waals surface area contributed by atoms with Gasteiger partial charge in [-0.15, -0.1) is 5.10 Å². The Morgan fingerprint density at radius 2 is 2.10 bits per heavy atom. The van der Waals surface area contributed by atoms with Gasteiger partial charge in [0.25, 0.3) is 5.91 Å². The fourth-order valence-corrected chi connectivity index (χ4v) is 2.21. The Hall–Kier alpha value is -2.28. The Morgan fingerprint density at radius 1 is 1.30 bits per heavy atom. The number of aryl methyl sites for hydroxylation is 1. The van der Waals surface area contributed by atoms with Crippen LogP contribution in [0, 0.1) is 0 Å². The molecule has 2 aromatic rings. The maximum Gasteiger partial charge on any atom is 0.254 e. The summed E-state index contributed by atoms with van der Waals surface area (Å²) in [5.41, 5.74) is 1.48. The van der Waals surface area contributed by atoms with Crippen LogP contribution >= 0.6 is 0 Å². The second kappa shape index (κ2) is 5.38. The van der Waals surface area contributed by atoms with Gasteiger partial charge in [0.15, 0.2) is 5.82 Å². The van der Waals surface area contributed by atoms with Crippen LogP contribution in [0.1, 0.15) is 10.4 Å². The number of hydrogen-bond donors (Lipinski definition) is 0. The minimum atomic E-state index is 0.0188. The minimum absolute atomic E-state index is 0.0188. The smallest absolute Gasteiger partial charge is 0.254 e. The van der Waals surface area contributed by atoms with Crippen LogP contribution in [0.2, 0.25) is 0 Å². The van der Waals surface area contributed by atoms with Crippen molar-refractivity contribution in [1.82, 2.24) is 25.1 Å². The SMILES string of the molecule is Cn1nnnc1-c1cccc(C(=O)N2CCOCC2)c1. The van der Waals surface area contributed by atoms with Crippen molar-refractivity contribution in [3.05, 3.63) is 29.8 Å². The zero-order valence-corrected chi connectivity index (χ0v) is 11.2. The number of carbonyl (C=O) groups is 1. The molecular formula is C13H15N5O2. The molecule has 1 aromatic heterocycles. The molecule has 1 aliphatic rings. The van der Waals surface area contributed by atoms with E-state index in [2.05, 4.69) is 15.5 Å². The summed E-state index contributed by atoms with van der Waals surface area (Å²) >= 11 is 0. The van der Waals surface area contributed by atoms with Crippen molar-refractivity contribution in [1.29, 1.82) is 0 Å². The highest BCUT2D eigenvalue weighted by Crippen LogP contribution is 2.18. The van der Waals surface area contributed by atoms with Crippen LogP contribution < -0.4 is 0 Å². The summed E-state index contributed by atoms with van der Waals surface area (Å²) in [6.07, 6.45) is 0. The average molecular weight is 273 g/mol. The molecule has 1 aromatic carbocycles. The molecular weight excluding hydrogens is 258 g/mol. The first-order valence-corrected chi connectivity index (χ1v) is 6.45. The topological polar surface area (TPSA) is 73.1 Å². The summed E-state index contributed by atoms with van der Waals surface area (Å²) in [5.74, 6) is 0.659. The monoisotopic (exact) mass is 273 g/mol. The van der Waals surface area contributed by atoms with Gasteiger partial charge < -0.3 is 9.64 Å². The number of amides is 1. The number of nitrogens with zero attached hydrogens (tertiary/aromatic N) is 5. The molecule has 104 valence electrons. The van der Waals surface area contributed by atoms with E-state index < -0.39 is 0 Å². The normalized spacial score (nSPS) is 15.3. The quantitative estimate of drug-likeness (QED) is 0.789. The van der Waals surface area contributed by atoms with E-state index in [4.69, 9.17) is 4.74 Å². The fourth-order valence-electron chi connectivity index (χ4n) is 2.21. The number of ether oxygens (including phenoxy) is 1. The van der Waals surface area contributed by atoms with Crippen LogP contribution in [0.25, 0.3) is 11.4 Å². The predicted octanol–water partition coefficient (Wildman–Crippen LogP) is 0.349. The van der Waals surface area contributed by atoms with Gasteiger partial charge in [-0.2, -0.15) is 0 Å². The van der Waals surface area contributed by atoms with Gasteiger partial charge in [-0.25, -0.2) is 4.68 Å². The average Bonchev–Trinajstić information content (AvgIpc) is 2.94. The molecule has 3 rings (SSSR count). The molecule has 20 heavy (non-hydrogen) atoms. The number of morpholine rings is 1. The summed E-state index contributed by atoms with van der Waals surface area (Å²) in [4.78, 5) is 14.2. The third-order valence-electron chi connectivity index (χ3n) is 3.29. The van der Waals surface area contributed by atoms with E-state index in [-0.39, 0.29) is 5.91 Å². The Bertz CT molecular complexity index is 619. The molecule has 0 saturated carbocycles. The summed E-state index contributed by atoms with van der Waals surface area (Å²) < 4.78 is 6.84. The van der Waals surface area contributed by atoms with E-state index in [9.17, 15) is 4.79 Å². The third kappa shape index (κ3) is 2.39. The predicted molar refractivity (Wildman–Crippen MR) is 71.0 cm³/mol. The second-order valence-electron chi connectivity index (χ2n) is 4.61. The van der Waals surface area contributed by atoms with Crippen molar-refractivity contribution in [3.8, 4) is 11.4 Å². The van der Waals surface area contributed by atoms with Gasteiger partial charge in [-0.3, -0.25) is 4.79 Å². The molecule has 0 aliphatic carbocycles. The van der Waals surface area contributed by atoms with Crippen molar-refractivity contribution in [3.63, 3.8) is 0 Å². The summed E-state index contributed by atoms with van der Waals surface area (Å²) in [7, 11) is 1.77. The van der Waals surface area contributed by atoms with E-state index in [0.29, 0.717) is 37.7 Å². The van der Waals surface area contributed by atoms with Gasteiger partial charge in [0, 0.05) is 31.3 Å². The molecule has 1 amide bonds. The van der Waals surface area contributed by atoms with Crippen LogP contribution in [0.15, 0.2) is 24.3 Å². The van der Waals surface area contributed by atoms with E-state index in [0.717, 1.165) is 5.56 Å². The van der Waals surface area contributed by atoms with Crippen LogP contribution in [0.3, 0.4) is 0 Å². The molecule has 0 radical (unpaired) electrons. The molecule has 0 spiro atoms. The number of aromatic nitrogens is 4. The largest absolute Gasteiger partial charge is 0.378 e. The van der Waals surface area contributed by atoms with Gasteiger partial charge in [-0.1, -0.05) is 12.1 Å². The number of benzene rings is 1. The summed E-state index contributed by atoms with van der Waals surface area (Å²) in [5, 5.41) is 11.4. The van der Waals surface area contributed by atoms with Gasteiger partial charge in [0.05, 0.1) is 13.2 Å². The lowest BCUT2D eigenvalue weighted by atomic mass is 10.1. The standard InChI is InChI=1S/C13H15N5O2/c1-17-12(14-15-16-17)10-3-2-4-11(9-10)13(19)18-5-7-20-8-6-18/h2-4,9H,5-8H2,1H3. The van der Waals surface area contributed by atoms with Gasteiger partial charge in [-0.05, 0) is 22.6 Å². The van der Waals surface area contributed by atoms with E-state index in [1.54, 1.807) is 16.6 Å². The molecule has 0 bridgehead atoms. The van der Waals surface area contributed by atoms with Crippen LogP contribution in [0.5, 0.6) is 0 Å². The van der Waals surface area contributed by atoms with Crippen molar-refractivity contribution in [2.75, 3.05) is 26.3 Å². The summed E-state index contributed by atoms with van der Waals surface area (Å²) in [6, 6.07) is 7.37. The number of tetrazole rings is 1. The Balaban J connectivity index is 1.87.